The first-order valence-electron chi connectivity index (χ1n) is 9.24. The maximum Gasteiger partial charge on any atom is 0.245 e. The highest BCUT2D eigenvalue weighted by Crippen LogP contribution is 2.24. The second kappa shape index (κ2) is 8.75. The van der Waals surface area contributed by atoms with E-state index in [9.17, 15) is 5.11 Å². The summed E-state index contributed by atoms with van der Waals surface area (Å²) in [4.78, 5) is 9.19. The predicted molar refractivity (Wildman–Crippen MR) is 104 cm³/mol. The van der Waals surface area contributed by atoms with E-state index in [-0.39, 0.29) is 12.6 Å². The number of hydrogen-bond donors (Lipinski definition) is 1. The molecule has 1 aliphatic rings. The van der Waals surface area contributed by atoms with Gasteiger partial charge in [-0.2, -0.15) is 5.10 Å². The van der Waals surface area contributed by atoms with Gasteiger partial charge in [0.2, 0.25) is 5.95 Å². The minimum absolute atomic E-state index is 0.0119. The first kappa shape index (κ1) is 19.0. The third kappa shape index (κ3) is 4.14. The summed E-state index contributed by atoms with van der Waals surface area (Å²) in [6.07, 6.45) is 1.73. The average Bonchev–Trinajstić information content (AvgIpc) is 2.70. The summed E-state index contributed by atoms with van der Waals surface area (Å²) >= 11 is 5.98. The zero-order chi connectivity index (χ0) is 18.5. The van der Waals surface area contributed by atoms with Crippen molar-refractivity contribution in [3.8, 4) is 0 Å². The van der Waals surface area contributed by atoms with Gasteiger partial charge in [-0.1, -0.05) is 37.6 Å². The highest BCUT2D eigenvalue weighted by Gasteiger charge is 2.26. The van der Waals surface area contributed by atoms with Gasteiger partial charge in [0.15, 0.2) is 0 Å². The number of aryl methyl sites for hydroxylation is 2. The molecule has 0 saturated carbocycles. The number of halogens is 1. The van der Waals surface area contributed by atoms with Gasteiger partial charge in [0.1, 0.15) is 0 Å². The summed E-state index contributed by atoms with van der Waals surface area (Å²) < 4.78 is 0. The molecule has 1 unspecified atom stereocenters. The van der Waals surface area contributed by atoms with Gasteiger partial charge in [0.25, 0.3) is 0 Å². The van der Waals surface area contributed by atoms with E-state index in [0.717, 1.165) is 56.0 Å². The van der Waals surface area contributed by atoms with Crippen LogP contribution >= 0.6 is 11.6 Å². The van der Waals surface area contributed by atoms with Crippen LogP contribution in [0.5, 0.6) is 0 Å². The van der Waals surface area contributed by atoms with Crippen molar-refractivity contribution in [2.24, 2.45) is 0 Å². The number of benzene rings is 1. The molecule has 1 aliphatic heterocycles. The van der Waals surface area contributed by atoms with Crippen molar-refractivity contribution in [2.75, 3.05) is 37.7 Å². The number of aliphatic hydroxyl groups excluding tert-OH is 1. The van der Waals surface area contributed by atoms with Crippen LogP contribution in [0.4, 0.5) is 5.95 Å². The third-order valence-corrected chi connectivity index (χ3v) is 5.22. The largest absolute Gasteiger partial charge is 0.394 e. The standard InChI is InChI=1S/C19H26ClN5O/c1-3-16-17(4-2)22-23-19(21-16)25-11-9-24(10-12-25)18(13-26)14-5-7-15(20)8-6-14/h5-8,18,26H,3-4,9-13H2,1-2H3. The molecular weight excluding hydrogens is 350 g/mol. The van der Waals surface area contributed by atoms with Crippen LogP contribution < -0.4 is 4.90 Å². The molecule has 0 spiro atoms. The van der Waals surface area contributed by atoms with E-state index in [1.165, 1.54) is 0 Å². The van der Waals surface area contributed by atoms with Crippen LogP contribution in [0, 0.1) is 0 Å². The van der Waals surface area contributed by atoms with Crippen LogP contribution in [-0.2, 0) is 12.8 Å². The third-order valence-electron chi connectivity index (χ3n) is 4.96. The quantitative estimate of drug-likeness (QED) is 0.836. The van der Waals surface area contributed by atoms with Crippen LogP contribution in [0.15, 0.2) is 24.3 Å². The Labute approximate surface area is 159 Å². The fourth-order valence-electron chi connectivity index (χ4n) is 3.41. The molecule has 1 N–H and O–H groups in total. The summed E-state index contributed by atoms with van der Waals surface area (Å²) in [5, 5.41) is 19.3. The average molecular weight is 376 g/mol. The lowest BCUT2D eigenvalue weighted by Crippen LogP contribution is -2.49. The van der Waals surface area contributed by atoms with Gasteiger partial charge in [-0.3, -0.25) is 4.90 Å². The molecular formula is C19H26ClN5O. The van der Waals surface area contributed by atoms with Gasteiger partial charge in [-0.05, 0) is 30.5 Å². The Kier molecular flexibility index (Phi) is 6.40. The molecule has 1 aromatic carbocycles. The molecule has 1 fully saturated rings. The molecule has 0 aliphatic carbocycles. The van der Waals surface area contributed by atoms with E-state index in [1.54, 1.807) is 0 Å². The first-order chi connectivity index (χ1) is 12.7. The Morgan fingerprint density at radius 1 is 1.00 bits per heavy atom. The molecule has 2 heterocycles. The monoisotopic (exact) mass is 375 g/mol. The zero-order valence-corrected chi connectivity index (χ0v) is 16.2. The highest BCUT2D eigenvalue weighted by molar-refractivity contribution is 6.30. The molecule has 1 aromatic heterocycles. The summed E-state index contributed by atoms with van der Waals surface area (Å²) in [7, 11) is 0. The van der Waals surface area contributed by atoms with Crippen LogP contribution in [0.25, 0.3) is 0 Å². The maximum absolute atomic E-state index is 9.89. The number of aromatic nitrogens is 3. The molecule has 1 saturated heterocycles. The highest BCUT2D eigenvalue weighted by atomic mass is 35.5. The second-order valence-corrected chi connectivity index (χ2v) is 6.92. The second-order valence-electron chi connectivity index (χ2n) is 6.49. The van der Waals surface area contributed by atoms with Crippen molar-refractivity contribution in [2.45, 2.75) is 32.7 Å². The SMILES string of the molecule is CCc1nnc(N2CCN(C(CO)c3ccc(Cl)cc3)CC2)nc1CC. The molecule has 6 nitrogen and oxygen atoms in total. The Hall–Kier alpha value is -1.76. The Balaban J connectivity index is 1.67. The molecule has 140 valence electrons. The maximum atomic E-state index is 9.89. The normalized spacial score (nSPS) is 16.7. The predicted octanol–water partition coefficient (Wildman–Crippen LogP) is 2.51. The molecule has 7 heteroatoms. The van der Waals surface area contributed by atoms with E-state index in [0.29, 0.717) is 11.0 Å². The van der Waals surface area contributed by atoms with E-state index in [2.05, 4.69) is 33.8 Å². The molecule has 26 heavy (non-hydrogen) atoms. The molecule has 1 atom stereocenters. The first-order valence-corrected chi connectivity index (χ1v) is 9.61. The topological polar surface area (TPSA) is 65.4 Å². The van der Waals surface area contributed by atoms with Crippen molar-refractivity contribution in [3.63, 3.8) is 0 Å². The number of piperazine rings is 1. The Morgan fingerprint density at radius 3 is 2.23 bits per heavy atom. The van der Waals surface area contributed by atoms with Gasteiger partial charge >= 0.3 is 0 Å². The van der Waals surface area contributed by atoms with Gasteiger partial charge in [-0.15, -0.1) is 5.10 Å². The molecule has 3 rings (SSSR count). The fraction of sp³-hybridized carbons (Fsp3) is 0.526. The lowest BCUT2D eigenvalue weighted by Gasteiger charge is -2.38. The Bertz CT molecular complexity index is 716. The van der Waals surface area contributed by atoms with Crippen LogP contribution in [0.1, 0.15) is 36.8 Å². The van der Waals surface area contributed by atoms with E-state index >= 15 is 0 Å². The van der Waals surface area contributed by atoms with Crippen molar-refractivity contribution in [1.29, 1.82) is 0 Å². The van der Waals surface area contributed by atoms with E-state index in [4.69, 9.17) is 16.6 Å². The van der Waals surface area contributed by atoms with Crippen LogP contribution in [0.3, 0.4) is 0 Å². The van der Waals surface area contributed by atoms with Gasteiger partial charge in [0.05, 0.1) is 24.0 Å². The van der Waals surface area contributed by atoms with Crippen molar-refractivity contribution in [3.05, 3.63) is 46.2 Å². The fourth-order valence-corrected chi connectivity index (χ4v) is 3.54. The number of hydrogen-bond acceptors (Lipinski definition) is 6. The minimum Gasteiger partial charge on any atom is -0.394 e. The number of rotatable bonds is 6. The van der Waals surface area contributed by atoms with Crippen molar-refractivity contribution >= 4 is 17.5 Å². The zero-order valence-electron chi connectivity index (χ0n) is 15.4. The molecule has 0 amide bonds. The summed E-state index contributed by atoms with van der Waals surface area (Å²) in [5.74, 6) is 0.714. The van der Waals surface area contributed by atoms with Crippen LogP contribution in [-0.4, -0.2) is 58.0 Å². The summed E-state index contributed by atoms with van der Waals surface area (Å²) in [5.41, 5.74) is 3.11. The molecule has 2 aromatic rings. The summed E-state index contributed by atoms with van der Waals surface area (Å²) in [6.45, 7) is 7.59. The number of nitrogens with zero attached hydrogens (tertiary/aromatic N) is 5. The lowest BCUT2D eigenvalue weighted by atomic mass is 10.1. The number of aliphatic hydroxyl groups is 1. The van der Waals surface area contributed by atoms with Gasteiger partial charge in [0, 0.05) is 31.2 Å². The molecule has 0 bridgehead atoms. The smallest absolute Gasteiger partial charge is 0.245 e. The summed E-state index contributed by atoms with van der Waals surface area (Å²) in [6, 6.07) is 7.70. The number of anilines is 1. The van der Waals surface area contributed by atoms with Gasteiger partial charge < -0.3 is 10.0 Å². The Morgan fingerprint density at radius 2 is 1.65 bits per heavy atom. The minimum atomic E-state index is -0.0119. The molecule has 0 radical (unpaired) electrons. The van der Waals surface area contributed by atoms with E-state index in [1.807, 2.05) is 24.3 Å². The van der Waals surface area contributed by atoms with Crippen molar-refractivity contribution < 1.29 is 5.11 Å². The van der Waals surface area contributed by atoms with E-state index < -0.39 is 0 Å². The van der Waals surface area contributed by atoms with Crippen LogP contribution in [0.2, 0.25) is 5.02 Å². The van der Waals surface area contributed by atoms with Crippen molar-refractivity contribution in [1.82, 2.24) is 20.1 Å². The lowest BCUT2D eigenvalue weighted by molar-refractivity contribution is 0.117. The van der Waals surface area contributed by atoms with Gasteiger partial charge in [-0.25, -0.2) is 4.98 Å².